The lowest BCUT2D eigenvalue weighted by molar-refractivity contribution is 0.669. The minimum Gasteiger partial charge on any atom is -0.456 e. The molecular formula is C66H45NO. The molecule has 2 nitrogen and oxygen atoms in total. The molecule has 1 aromatic heterocycles. The molecule has 1 aliphatic rings. The summed E-state index contributed by atoms with van der Waals surface area (Å²) in [5, 5.41) is 4.64. The summed E-state index contributed by atoms with van der Waals surface area (Å²) in [5.41, 5.74) is 20.5. The van der Waals surface area contributed by atoms with Gasteiger partial charge in [0.05, 0.1) is 17.1 Å². The molecule has 0 bridgehead atoms. The van der Waals surface area contributed by atoms with E-state index in [1.807, 2.05) is 6.07 Å². The summed E-state index contributed by atoms with van der Waals surface area (Å²) >= 11 is 0. The van der Waals surface area contributed by atoms with Crippen LogP contribution in [0.3, 0.4) is 0 Å². The summed E-state index contributed by atoms with van der Waals surface area (Å²) in [6.45, 7) is 2.40. The van der Waals surface area contributed by atoms with E-state index in [-0.39, 0.29) is 5.41 Å². The second-order valence-corrected chi connectivity index (χ2v) is 18.0. The number of hydrogen-bond donors (Lipinski definition) is 0. The van der Waals surface area contributed by atoms with Crippen molar-refractivity contribution in [2.24, 2.45) is 0 Å². The predicted molar refractivity (Wildman–Crippen MR) is 285 cm³/mol. The van der Waals surface area contributed by atoms with E-state index >= 15 is 0 Å². The van der Waals surface area contributed by atoms with E-state index in [9.17, 15) is 0 Å². The van der Waals surface area contributed by atoms with Crippen LogP contribution in [-0.2, 0) is 5.41 Å². The summed E-state index contributed by atoms with van der Waals surface area (Å²) in [7, 11) is 0. The molecule has 0 fully saturated rings. The third-order valence-corrected chi connectivity index (χ3v) is 14.4. The quantitative estimate of drug-likeness (QED) is 0.151. The molecule has 0 spiro atoms. The Kier molecular flexibility index (Phi) is 9.33. The molecule has 1 unspecified atom stereocenters. The van der Waals surface area contributed by atoms with Crippen LogP contribution in [0.2, 0.25) is 0 Å². The largest absolute Gasteiger partial charge is 0.456 e. The highest BCUT2D eigenvalue weighted by Gasteiger charge is 2.42. The topological polar surface area (TPSA) is 16.4 Å². The van der Waals surface area contributed by atoms with Crippen LogP contribution in [0.15, 0.2) is 259 Å². The first-order chi connectivity index (χ1) is 33.6. The molecular weight excluding hydrogens is 823 g/mol. The zero-order valence-electron chi connectivity index (χ0n) is 37.6. The van der Waals surface area contributed by atoms with Crippen LogP contribution in [0.1, 0.15) is 23.6 Å². The zero-order valence-corrected chi connectivity index (χ0v) is 37.6. The molecule has 1 heterocycles. The van der Waals surface area contributed by atoms with Gasteiger partial charge < -0.3 is 9.32 Å². The Morgan fingerprint density at radius 3 is 1.60 bits per heavy atom. The van der Waals surface area contributed by atoms with Crippen molar-refractivity contribution >= 4 is 49.8 Å². The molecule has 0 aliphatic heterocycles. The van der Waals surface area contributed by atoms with Gasteiger partial charge in [-0.25, -0.2) is 0 Å². The maximum Gasteiger partial charge on any atom is 0.135 e. The number of furan rings is 1. The molecule has 0 amide bonds. The van der Waals surface area contributed by atoms with Crippen LogP contribution >= 0.6 is 0 Å². The van der Waals surface area contributed by atoms with E-state index in [2.05, 4.69) is 261 Å². The zero-order chi connectivity index (χ0) is 45.2. The van der Waals surface area contributed by atoms with Crippen LogP contribution < -0.4 is 4.90 Å². The number of benzene rings is 11. The van der Waals surface area contributed by atoms with E-state index in [1.165, 1.54) is 60.8 Å². The molecule has 2 heteroatoms. The van der Waals surface area contributed by atoms with E-state index in [0.717, 1.165) is 61.3 Å². The van der Waals surface area contributed by atoms with E-state index in [1.54, 1.807) is 0 Å². The van der Waals surface area contributed by atoms with Gasteiger partial charge >= 0.3 is 0 Å². The summed E-state index contributed by atoms with van der Waals surface area (Å²) in [6, 6.07) is 93.0. The summed E-state index contributed by atoms with van der Waals surface area (Å²) in [4.78, 5) is 2.53. The molecule has 1 aliphatic carbocycles. The number of hydrogen-bond acceptors (Lipinski definition) is 2. The van der Waals surface area contributed by atoms with Gasteiger partial charge in [0.25, 0.3) is 0 Å². The normalized spacial score (nSPS) is 14.0. The lowest BCUT2D eigenvalue weighted by atomic mass is 9.74. The fourth-order valence-corrected chi connectivity index (χ4v) is 11.3. The summed E-state index contributed by atoms with van der Waals surface area (Å²) in [6.07, 6.45) is 0. The fraction of sp³-hybridized carbons (Fsp3) is 0.0303. The number of anilines is 3. The van der Waals surface area contributed by atoms with Crippen molar-refractivity contribution in [3.8, 4) is 55.6 Å². The van der Waals surface area contributed by atoms with Crippen molar-refractivity contribution in [1.82, 2.24) is 0 Å². The van der Waals surface area contributed by atoms with Gasteiger partial charge in [-0.2, -0.15) is 0 Å². The van der Waals surface area contributed by atoms with Gasteiger partial charge in [0.1, 0.15) is 11.2 Å². The molecule has 1 atom stereocenters. The second kappa shape index (κ2) is 16.0. The molecule has 0 saturated carbocycles. The number of fused-ring (bicyclic) bond motifs is 7. The van der Waals surface area contributed by atoms with Crippen LogP contribution in [0.25, 0.3) is 88.3 Å². The van der Waals surface area contributed by atoms with Gasteiger partial charge in [-0.05, 0) is 110 Å². The number of nitrogens with zero attached hydrogens (tertiary/aromatic N) is 1. The first-order valence-corrected chi connectivity index (χ1v) is 23.5. The van der Waals surface area contributed by atoms with Crippen molar-refractivity contribution in [1.29, 1.82) is 0 Å². The van der Waals surface area contributed by atoms with Crippen molar-refractivity contribution < 1.29 is 4.42 Å². The summed E-state index contributed by atoms with van der Waals surface area (Å²) < 4.78 is 6.36. The highest BCUT2D eigenvalue weighted by Crippen LogP contribution is 2.57. The maximum absolute atomic E-state index is 6.36. The first-order valence-electron chi connectivity index (χ1n) is 23.5. The number of rotatable bonds is 8. The molecule has 0 saturated heterocycles. The van der Waals surface area contributed by atoms with Crippen LogP contribution in [0, 0.1) is 0 Å². The Balaban J connectivity index is 1.10. The van der Waals surface area contributed by atoms with Crippen LogP contribution in [0.4, 0.5) is 17.1 Å². The minimum absolute atomic E-state index is 0.336. The Morgan fingerprint density at radius 1 is 0.338 bits per heavy atom. The van der Waals surface area contributed by atoms with Gasteiger partial charge in [0.2, 0.25) is 0 Å². The standard InChI is InChI=1S/C66H45NO/c1-66(47-25-6-3-7-26-47)57-35-13-8-31-55(57)65-54(34-20-36-58(65)66)51-29-11-16-39-61(51)67(59-37-14-9-27-48(59)46-41-42-63-56(43-46)52-30-12-17-40-62(52)68-63)60-38-15-10-28-50(60)53-33-19-24-45-23-18-32-49(64(45)53)44-21-4-2-5-22-44/h2-43H,1H3. The van der Waals surface area contributed by atoms with Gasteiger partial charge in [0.15, 0.2) is 0 Å². The van der Waals surface area contributed by atoms with Gasteiger partial charge in [0, 0.05) is 32.9 Å². The molecule has 68 heavy (non-hydrogen) atoms. The van der Waals surface area contributed by atoms with Gasteiger partial charge in [-0.1, -0.05) is 218 Å². The van der Waals surface area contributed by atoms with Crippen molar-refractivity contribution in [2.75, 3.05) is 4.90 Å². The molecule has 0 N–H and O–H groups in total. The highest BCUT2D eigenvalue weighted by atomic mass is 16.3. The third-order valence-electron chi connectivity index (χ3n) is 14.4. The van der Waals surface area contributed by atoms with Crippen molar-refractivity contribution in [2.45, 2.75) is 12.3 Å². The fourth-order valence-electron chi connectivity index (χ4n) is 11.3. The third kappa shape index (κ3) is 6.18. The minimum atomic E-state index is -0.336. The average molecular weight is 868 g/mol. The summed E-state index contributed by atoms with van der Waals surface area (Å²) in [5.74, 6) is 0. The molecule has 320 valence electrons. The van der Waals surface area contributed by atoms with E-state index < -0.39 is 0 Å². The van der Waals surface area contributed by atoms with Crippen molar-refractivity contribution in [3.63, 3.8) is 0 Å². The van der Waals surface area contributed by atoms with Crippen LogP contribution in [-0.4, -0.2) is 0 Å². The molecule has 0 radical (unpaired) electrons. The predicted octanol–water partition coefficient (Wildman–Crippen LogP) is 18.2. The second-order valence-electron chi connectivity index (χ2n) is 18.0. The van der Waals surface area contributed by atoms with E-state index in [4.69, 9.17) is 4.42 Å². The SMILES string of the molecule is CC1(c2ccccc2)c2ccccc2-c2c(-c3ccccc3N(c3ccccc3-c3ccc4oc5ccccc5c4c3)c3ccccc3-c3cccc4cccc(-c5ccccc5)c34)cccc21. The Hall–Kier alpha value is -8.72. The Morgan fingerprint density at radius 2 is 0.853 bits per heavy atom. The van der Waals surface area contributed by atoms with Gasteiger partial charge in [-0.3, -0.25) is 0 Å². The highest BCUT2D eigenvalue weighted by molar-refractivity contribution is 6.11. The smallest absolute Gasteiger partial charge is 0.135 e. The Labute approximate surface area is 396 Å². The first kappa shape index (κ1) is 39.6. The molecule has 13 rings (SSSR count). The Bertz CT molecular complexity index is 3880. The molecule has 11 aromatic carbocycles. The maximum atomic E-state index is 6.36. The monoisotopic (exact) mass is 867 g/mol. The van der Waals surface area contributed by atoms with E-state index in [0.29, 0.717) is 0 Å². The molecule has 12 aromatic rings. The van der Waals surface area contributed by atoms with Crippen LogP contribution in [0.5, 0.6) is 0 Å². The van der Waals surface area contributed by atoms with Gasteiger partial charge in [-0.15, -0.1) is 0 Å². The lowest BCUT2D eigenvalue weighted by Crippen LogP contribution is -2.22. The lowest BCUT2D eigenvalue weighted by Gasteiger charge is -2.32. The average Bonchev–Trinajstić information content (AvgIpc) is 3.92. The van der Waals surface area contributed by atoms with Crippen molar-refractivity contribution in [3.05, 3.63) is 271 Å². The number of para-hydroxylation sites is 4.